The molecule has 0 aliphatic heterocycles. The second kappa shape index (κ2) is 14.2. The van der Waals surface area contributed by atoms with E-state index < -0.39 is 23.3 Å². The first kappa shape index (κ1) is 30.2. The molecule has 0 fully saturated rings. The van der Waals surface area contributed by atoms with Crippen LogP contribution in [0.1, 0.15) is 10.4 Å². The van der Waals surface area contributed by atoms with Gasteiger partial charge in [0.25, 0.3) is 5.91 Å². The average Bonchev–Trinajstić information content (AvgIpc) is 2.98. The first-order valence-corrected chi connectivity index (χ1v) is 12.9. The topological polar surface area (TPSA) is 125 Å². The Morgan fingerprint density at radius 1 is 0.881 bits per heavy atom. The van der Waals surface area contributed by atoms with Crippen LogP contribution in [0.5, 0.6) is 28.7 Å². The lowest BCUT2D eigenvalue weighted by Gasteiger charge is -2.15. The third kappa shape index (κ3) is 7.11. The molecule has 2 aromatic heterocycles. The smallest absolute Gasteiger partial charge is 0.261 e. The molecule has 0 saturated heterocycles. The first-order valence-electron chi connectivity index (χ1n) is 12.9. The maximum atomic E-state index is 15.1. The summed E-state index contributed by atoms with van der Waals surface area (Å²) >= 11 is 0. The van der Waals surface area contributed by atoms with E-state index in [-0.39, 0.29) is 22.7 Å². The SMILES string of the molecule is CNCCOc1cc2nccc(Oc3c(F)cc(NC(=O)c4cnc(NCCOC)cc4OC)cc3F)c2cc1OC. The molecule has 0 unspecified atom stereocenters. The molecule has 222 valence electrons. The monoisotopic (exact) mass is 583 g/mol. The maximum absolute atomic E-state index is 15.1. The highest BCUT2D eigenvalue weighted by Gasteiger charge is 2.20. The number of likely N-dealkylation sites (N-methyl/N-ethyl adjacent to an activating group) is 1. The summed E-state index contributed by atoms with van der Waals surface area (Å²) in [4.78, 5) is 21.4. The number of rotatable bonds is 14. The van der Waals surface area contributed by atoms with Gasteiger partial charge in [-0.15, -0.1) is 0 Å². The molecule has 13 heteroatoms. The Bertz CT molecular complexity index is 1530. The molecular weight excluding hydrogens is 552 g/mol. The van der Waals surface area contributed by atoms with Gasteiger partial charge in [-0.1, -0.05) is 0 Å². The molecule has 0 spiro atoms. The van der Waals surface area contributed by atoms with Gasteiger partial charge in [0, 0.05) is 67.9 Å². The molecule has 42 heavy (non-hydrogen) atoms. The van der Waals surface area contributed by atoms with Crippen LogP contribution >= 0.6 is 0 Å². The minimum Gasteiger partial charge on any atom is -0.496 e. The minimum absolute atomic E-state index is 0.0717. The Labute approximate surface area is 241 Å². The zero-order valence-corrected chi connectivity index (χ0v) is 23.5. The van der Waals surface area contributed by atoms with Crippen LogP contribution in [-0.4, -0.2) is 70.6 Å². The molecular formula is C29H31F2N5O6. The number of fused-ring (bicyclic) bond motifs is 1. The standard InChI is InChI=1S/C29H31F2N5O6/c1-32-7-10-41-26-14-22-18(13-25(26)40-4)23(5-6-33-22)42-28-20(30)11-17(12-21(28)31)36-29(37)19-16-35-27(15-24(19)39-3)34-8-9-38-2/h5-6,11-16,32H,7-10H2,1-4H3,(H,34,35)(H,36,37). The van der Waals surface area contributed by atoms with E-state index in [1.807, 2.05) is 7.05 Å². The highest BCUT2D eigenvalue weighted by molar-refractivity contribution is 6.06. The summed E-state index contributed by atoms with van der Waals surface area (Å²) in [5.41, 5.74) is 0.415. The van der Waals surface area contributed by atoms with Crippen molar-refractivity contribution >= 4 is 28.3 Å². The van der Waals surface area contributed by atoms with Crippen LogP contribution in [0.25, 0.3) is 10.9 Å². The third-order valence-corrected chi connectivity index (χ3v) is 6.01. The molecule has 2 aromatic carbocycles. The van der Waals surface area contributed by atoms with Crippen LogP contribution in [0.15, 0.2) is 48.8 Å². The molecule has 0 bridgehead atoms. The summed E-state index contributed by atoms with van der Waals surface area (Å²) in [6.45, 7) is 1.98. The van der Waals surface area contributed by atoms with Crippen molar-refractivity contribution in [3.63, 3.8) is 0 Å². The van der Waals surface area contributed by atoms with Crippen LogP contribution < -0.4 is 34.9 Å². The fraction of sp³-hybridized carbons (Fsp3) is 0.276. The number of pyridine rings is 2. The molecule has 4 aromatic rings. The zero-order valence-electron chi connectivity index (χ0n) is 23.5. The molecule has 2 heterocycles. The third-order valence-electron chi connectivity index (χ3n) is 6.01. The Morgan fingerprint density at radius 3 is 2.33 bits per heavy atom. The summed E-state index contributed by atoms with van der Waals surface area (Å²) in [5.74, 6) is -1.68. The Kier molecular flexibility index (Phi) is 10.2. The zero-order chi connectivity index (χ0) is 30.1. The van der Waals surface area contributed by atoms with Gasteiger partial charge in [0.05, 0.1) is 26.3 Å². The van der Waals surface area contributed by atoms with Gasteiger partial charge in [0.15, 0.2) is 28.9 Å². The van der Waals surface area contributed by atoms with E-state index in [2.05, 4.69) is 25.9 Å². The van der Waals surface area contributed by atoms with Gasteiger partial charge in [0.2, 0.25) is 0 Å². The van der Waals surface area contributed by atoms with Crippen LogP contribution in [0.2, 0.25) is 0 Å². The van der Waals surface area contributed by atoms with E-state index in [9.17, 15) is 4.79 Å². The number of methoxy groups -OCH3 is 3. The van der Waals surface area contributed by atoms with E-state index in [1.165, 1.54) is 38.7 Å². The summed E-state index contributed by atoms with van der Waals surface area (Å²) in [6.07, 6.45) is 2.75. The number of aromatic nitrogens is 2. The molecule has 1 amide bonds. The quantitative estimate of drug-likeness (QED) is 0.181. The van der Waals surface area contributed by atoms with Crippen molar-refractivity contribution in [2.24, 2.45) is 0 Å². The van der Waals surface area contributed by atoms with Gasteiger partial charge in [-0.3, -0.25) is 9.78 Å². The van der Waals surface area contributed by atoms with Crippen LogP contribution in [-0.2, 0) is 4.74 Å². The summed E-state index contributed by atoms with van der Waals surface area (Å²) in [6, 6.07) is 8.20. The van der Waals surface area contributed by atoms with Gasteiger partial charge in [0.1, 0.15) is 29.5 Å². The van der Waals surface area contributed by atoms with Gasteiger partial charge in [-0.05, 0) is 19.2 Å². The molecule has 11 nitrogen and oxygen atoms in total. The number of benzene rings is 2. The number of nitrogens with one attached hydrogen (secondary N) is 3. The summed E-state index contributed by atoms with van der Waals surface area (Å²) in [5, 5.41) is 8.93. The van der Waals surface area contributed by atoms with Gasteiger partial charge >= 0.3 is 0 Å². The van der Waals surface area contributed by atoms with E-state index in [4.69, 9.17) is 23.7 Å². The number of hydrogen-bond acceptors (Lipinski definition) is 10. The molecule has 4 rings (SSSR count). The molecule has 0 saturated carbocycles. The maximum Gasteiger partial charge on any atom is 0.261 e. The predicted molar refractivity (Wildman–Crippen MR) is 153 cm³/mol. The van der Waals surface area contributed by atoms with Crippen molar-refractivity contribution in [2.75, 3.05) is 65.3 Å². The van der Waals surface area contributed by atoms with Crippen molar-refractivity contribution < 1.29 is 37.3 Å². The van der Waals surface area contributed by atoms with Crippen molar-refractivity contribution in [3.05, 3.63) is 66.0 Å². The van der Waals surface area contributed by atoms with Crippen molar-refractivity contribution in [3.8, 4) is 28.7 Å². The fourth-order valence-electron chi connectivity index (χ4n) is 3.94. The molecule has 0 radical (unpaired) electrons. The minimum atomic E-state index is -1.03. The molecule has 0 aliphatic carbocycles. The second-order valence-corrected chi connectivity index (χ2v) is 8.80. The Hall–Kier alpha value is -4.75. The number of anilines is 2. The average molecular weight is 584 g/mol. The molecule has 0 aliphatic rings. The predicted octanol–water partition coefficient (Wildman–Crippen LogP) is 4.63. The fourth-order valence-corrected chi connectivity index (χ4v) is 3.94. The lowest BCUT2D eigenvalue weighted by molar-refractivity contribution is 0.102. The van der Waals surface area contributed by atoms with Gasteiger partial charge in [-0.25, -0.2) is 13.8 Å². The van der Waals surface area contributed by atoms with Crippen molar-refractivity contribution in [1.29, 1.82) is 0 Å². The largest absolute Gasteiger partial charge is 0.496 e. The Balaban J connectivity index is 1.55. The lowest BCUT2D eigenvalue weighted by atomic mass is 10.1. The first-order chi connectivity index (χ1) is 20.4. The number of halogens is 2. The van der Waals surface area contributed by atoms with Crippen LogP contribution in [0.4, 0.5) is 20.3 Å². The number of hydrogen-bond donors (Lipinski definition) is 3. The number of carbonyl (C=O) groups is 1. The van der Waals surface area contributed by atoms with Crippen LogP contribution in [0.3, 0.4) is 0 Å². The van der Waals surface area contributed by atoms with E-state index in [0.717, 1.165) is 12.1 Å². The molecule has 3 N–H and O–H groups in total. The Morgan fingerprint density at radius 2 is 1.64 bits per heavy atom. The second-order valence-electron chi connectivity index (χ2n) is 8.80. The summed E-state index contributed by atoms with van der Waals surface area (Å²) in [7, 11) is 6.26. The highest BCUT2D eigenvalue weighted by atomic mass is 19.1. The number of carbonyl (C=O) groups excluding carboxylic acids is 1. The lowest BCUT2D eigenvalue weighted by Crippen LogP contribution is -2.16. The number of nitrogens with zero attached hydrogens (tertiary/aromatic N) is 2. The number of amides is 1. The van der Waals surface area contributed by atoms with Crippen molar-refractivity contribution in [1.82, 2.24) is 15.3 Å². The van der Waals surface area contributed by atoms with Gasteiger partial charge < -0.3 is 39.6 Å². The normalized spacial score (nSPS) is 10.8. The van der Waals surface area contributed by atoms with Crippen molar-refractivity contribution in [2.45, 2.75) is 0 Å². The van der Waals surface area contributed by atoms with Gasteiger partial charge in [-0.2, -0.15) is 0 Å². The summed E-state index contributed by atoms with van der Waals surface area (Å²) < 4.78 is 57.4. The van der Waals surface area contributed by atoms with Crippen LogP contribution in [0, 0.1) is 11.6 Å². The van der Waals surface area contributed by atoms with E-state index in [1.54, 1.807) is 19.2 Å². The van der Waals surface area contributed by atoms with E-state index >= 15 is 8.78 Å². The highest BCUT2D eigenvalue weighted by Crippen LogP contribution is 2.38. The van der Waals surface area contributed by atoms with E-state index in [0.29, 0.717) is 54.5 Å². The molecule has 0 atom stereocenters. The number of ether oxygens (including phenoxy) is 5.